The third kappa shape index (κ3) is 5.07. The number of halogens is 3. The van der Waals surface area contributed by atoms with Gasteiger partial charge in [0.25, 0.3) is 11.8 Å². The van der Waals surface area contributed by atoms with Gasteiger partial charge >= 0.3 is 0 Å². The predicted molar refractivity (Wildman–Crippen MR) is 120 cm³/mol. The van der Waals surface area contributed by atoms with E-state index in [1.165, 1.54) is 0 Å². The van der Waals surface area contributed by atoms with Gasteiger partial charge in [0.1, 0.15) is 0 Å². The average molecular weight is 705 g/mol. The molecule has 1 rings (SSSR count). The third-order valence-corrected chi connectivity index (χ3v) is 6.87. The zero-order valence-corrected chi connectivity index (χ0v) is 19.8. The van der Waals surface area contributed by atoms with Crippen LogP contribution in [0.4, 0.5) is 5.69 Å². The molecule has 0 saturated carbocycles. The molecule has 8 N–H and O–H groups in total. The zero-order valence-electron chi connectivity index (χ0n) is 13.3. The fourth-order valence-electron chi connectivity index (χ4n) is 2.17. The lowest BCUT2D eigenvalue weighted by molar-refractivity contribution is 0.0145. The SMILES string of the molecule is NC(=O)c1c(I)c(N)c(I)c(C(=O)N(CC(O)CO)C(CO)CO)c1I. The van der Waals surface area contributed by atoms with Crippen LogP contribution in [0.1, 0.15) is 20.7 Å². The first-order valence-corrected chi connectivity index (χ1v) is 10.4. The van der Waals surface area contributed by atoms with Gasteiger partial charge in [-0.1, -0.05) is 0 Å². The molecule has 0 radical (unpaired) electrons. The number of nitrogens with two attached hydrogens (primary N) is 2. The van der Waals surface area contributed by atoms with Crippen LogP contribution in [-0.4, -0.2) is 75.7 Å². The number of benzene rings is 1. The lowest BCUT2D eigenvalue weighted by atomic mass is 10.1. The number of amides is 2. The molecule has 0 aliphatic heterocycles. The number of hydrogen-bond donors (Lipinski definition) is 6. The summed E-state index contributed by atoms with van der Waals surface area (Å²) in [5, 5.41) is 37.7. The van der Waals surface area contributed by atoms with Crippen molar-refractivity contribution >= 4 is 85.3 Å². The van der Waals surface area contributed by atoms with Crippen LogP contribution >= 0.6 is 67.8 Å². The van der Waals surface area contributed by atoms with Crippen molar-refractivity contribution in [3.63, 3.8) is 0 Å². The molecule has 12 heteroatoms. The molecule has 0 saturated heterocycles. The van der Waals surface area contributed by atoms with Crippen LogP contribution in [0.5, 0.6) is 0 Å². The van der Waals surface area contributed by atoms with Gasteiger partial charge in [-0.3, -0.25) is 9.59 Å². The van der Waals surface area contributed by atoms with Crippen LogP contribution in [-0.2, 0) is 0 Å². The van der Waals surface area contributed by atoms with Gasteiger partial charge < -0.3 is 36.8 Å². The van der Waals surface area contributed by atoms with Gasteiger partial charge in [0.2, 0.25) is 0 Å². The van der Waals surface area contributed by atoms with Gasteiger partial charge in [-0.15, -0.1) is 0 Å². The second kappa shape index (κ2) is 10.5. The first-order valence-electron chi connectivity index (χ1n) is 7.19. The van der Waals surface area contributed by atoms with E-state index in [0.717, 1.165) is 4.90 Å². The molecule has 26 heavy (non-hydrogen) atoms. The number of hydrogen-bond acceptors (Lipinski definition) is 7. The molecule has 1 aromatic carbocycles. The van der Waals surface area contributed by atoms with Crippen molar-refractivity contribution in [2.24, 2.45) is 5.73 Å². The van der Waals surface area contributed by atoms with E-state index in [2.05, 4.69) is 0 Å². The maximum Gasteiger partial charge on any atom is 0.256 e. The van der Waals surface area contributed by atoms with Crippen LogP contribution in [0.25, 0.3) is 0 Å². The summed E-state index contributed by atoms with van der Waals surface area (Å²) in [5.41, 5.74) is 11.8. The van der Waals surface area contributed by atoms with Crippen molar-refractivity contribution < 1.29 is 30.0 Å². The molecule has 0 bridgehead atoms. The molecule has 0 heterocycles. The summed E-state index contributed by atoms with van der Waals surface area (Å²) in [7, 11) is 0. The summed E-state index contributed by atoms with van der Waals surface area (Å²) < 4.78 is 1.08. The van der Waals surface area contributed by atoms with E-state index in [-0.39, 0.29) is 26.9 Å². The quantitative estimate of drug-likeness (QED) is 0.154. The third-order valence-electron chi connectivity index (χ3n) is 3.55. The Morgan fingerprint density at radius 3 is 1.88 bits per heavy atom. The summed E-state index contributed by atoms with van der Waals surface area (Å²) in [6.45, 7) is -2.06. The Hall–Kier alpha value is -0.0100. The first kappa shape index (κ1) is 24.0. The minimum Gasteiger partial charge on any atom is -0.397 e. The zero-order chi connectivity index (χ0) is 20.2. The van der Waals surface area contributed by atoms with E-state index in [0.29, 0.717) is 7.14 Å². The predicted octanol–water partition coefficient (Wildman–Crippen LogP) is -0.670. The smallest absolute Gasteiger partial charge is 0.256 e. The molecule has 0 fully saturated rings. The fraction of sp³-hybridized carbons (Fsp3) is 0.429. The highest BCUT2D eigenvalue weighted by Gasteiger charge is 2.32. The number of carbonyl (C=O) groups is 2. The Morgan fingerprint density at radius 2 is 1.46 bits per heavy atom. The van der Waals surface area contributed by atoms with E-state index in [1.807, 2.05) is 67.8 Å². The summed E-state index contributed by atoms with van der Waals surface area (Å²) >= 11 is 5.55. The molecule has 9 nitrogen and oxygen atoms in total. The normalized spacial score (nSPS) is 12.3. The number of aliphatic hydroxyl groups is 4. The molecule has 0 aliphatic carbocycles. The fourth-order valence-corrected chi connectivity index (χ4v) is 6.33. The van der Waals surface area contributed by atoms with Gasteiger partial charge in [0, 0.05) is 10.1 Å². The first-order chi connectivity index (χ1) is 12.1. The highest BCUT2D eigenvalue weighted by atomic mass is 127. The summed E-state index contributed by atoms with van der Waals surface area (Å²) in [4.78, 5) is 26.0. The molecule has 1 unspecified atom stereocenters. The Morgan fingerprint density at radius 1 is 0.962 bits per heavy atom. The van der Waals surface area contributed by atoms with Crippen LogP contribution in [0.3, 0.4) is 0 Å². The molecule has 0 spiro atoms. The van der Waals surface area contributed by atoms with E-state index in [1.54, 1.807) is 0 Å². The highest BCUT2D eigenvalue weighted by Crippen LogP contribution is 2.34. The largest absolute Gasteiger partial charge is 0.397 e. The Bertz CT molecular complexity index is 699. The van der Waals surface area contributed by atoms with Crippen LogP contribution in [0, 0.1) is 10.7 Å². The van der Waals surface area contributed by atoms with Crippen molar-refractivity contribution in [1.82, 2.24) is 4.90 Å². The maximum atomic E-state index is 13.1. The summed E-state index contributed by atoms with van der Waals surface area (Å²) in [5.74, 6) is -1.41. The number of aliphatic hydroxyl groups excluding tert-OH is 4. The number of carbonyl (C=O) groups excluding carboxylic acids is 2. The topological polar surface area (TPSA) is 170 Å². The average Bonchev–Trinajstić information content (AvgIpc) is 2.59. The van der Waals surface area contributed by atoms with Gasteiger partial charge in [0.15, 0.2) is 0 Å². The molecule has 0 aliphatic rings. The number of primary amides is 1. The van der Waals surface area contributed by atoms with Crippen molar-refractivity contribution in [2.45, 2.75) is 12.1 Å². The van der Waals surface area contributed by atoms with E-state index in [9.17, 15) is 24.9 Å². The van der Waals surface area contributed by atoms with E-state index in [4.69, 9.17) is 16.6 Å². The van der Waals surface area contributed by atoms with E-state index < -0.39 is 43.8 Å². The van der Waals surface area contributed by atoms with Gasteiger partial charge in [-0.25, -0.2) is 0 Å². The highest BCUT2D eigenvalue weighted by molar-refractivity contribution is 14.1. The molecule has 0 aromatic heterocycles. The van der Waals surface area contributed by atoms with Crippen LogP contribution < -0.4 is 11.5 Å². The monoisotopic (exact) mass is 705 g/mol. The van der Waals surface area contributed by atoms with Crippen molar-refractivity contribution in [2.75, 3.05) is 32.1 Å². The number of nitrogens with zero attached hydrogens (tertiary/aromatic N) is 1. The van der Waals surface area contributed by atoms with Crippen LogP contribution in [0.2, 0.25) is 0 Å². The van der Waals surface area contributed by atoms with E-state index >= 15 is 0 Å². The molecule has 2 amide bonds. The van der Waals surface area contributed by atoms with Crippen LogP contribution in [0.15, 0.2) is 0 Å². The molecular formula is C14H18I3N3O6. The van der Waals surface area contributed by atoms with Gasteiger partial charge in [-0.05, 0) is 67.8 Å². The number of anilines is 1. The summed E-state index contributed by atoms with van der Waals surface area (Å²) in [6.07, 6.45) is -1.27. The molecule has 1 aromatic rings. The maximum absolute atomic E-state index is 13.1. The van der Waals surface area contributed by atoms with Crippen molar-refractivity contribution in [3.8, 4) is 0 Å². The number of nitrogen functional groups attached to an aromatic ring is 1. The Labute approximate surface area is 190 Å². The second-order valence-corrected chi connectivity index (χ2v) is 8.52. The lowest BCUT2D eigenvalue weighted by Gasteiger charge is -2.32. The molecule has 146 valence electrons. The summed E-state index contributed by atoms with van der Waals surface area (Å²) in [6, 6.07) is -1.01. The minimum absolute atomic E-state index is 0.0787. The lowest BCUT2D eigenvalue weighted by Crippen LogP contribution is -2.49. The second-order valence-electron chi connectivity index (χ2n) is 5.28. The van der Waals surface area contributed by atoms with Gasteiger partial charge in [-0.2, -0.15) is 0 Å². The van der Waals surface area contributed by atoms with Crippen molar-refractivity contribution in [1.29, 1.82) is 0 Å². The number of rotatable bonds is 8. The minimum atomic E-state index is -1.27. The Balaban J connectivity index is 3.59. The molecule has 1 atom stereocenters. The Kier molecular flexibility index (Phi) is 9.71. The molecular weight excluding hydrogens is 687 g/mol. The van der Waals surface area contributed by atoms with Crippen molar-refractivity contribution in [3.05, 3.63) is 21.8 Å². The standard InChI is InChI=1S/C14H18I3N3O6/c15-9-7(13(19)25)10(16)12(18)11(17)8(9)14(26)20(1-6(24)4-23)5(2-21)3-22/h5-6,21-24H,1-4,18H2,(H2,19,25). The van der Waals surface area contributed by atoms with Gasteiger partial charge in [0.05, 0.1) is 55.9 Å².